The van der Waals surface area contributed by atoms with E-state index in [2.05, 4.69) is 10.2 Å². The Morgan fingerprint density at radius 3 is 2.43 bits per heavy atom. The molecule has 7 heteroatoms. The summed E-state index contributed by atoms with van der Waals surface area (Å²) in [5, 5.41) is 15.0. The lowest BCUT2D eigenvalue weighted by atomic mass is 10.1. The van der Waals surface area contributed by atoms with Gasteiger partial charge >= 0.3 is 5.97 Å². The smallest absolute Gasteiger partial charge is 0.331 e. The van der Waals surface area contributed by atoms with Crippen molar-refractivity contribution in [2.75, 3.05) is 0 Å². The van der Waals surface area contributed by atoms with E-state index in [9.17, 15) is 14.7 Å². The molecule has 1 atom stereocenters. The molecule has 3 aromatic rings. The number of hydrogen-bond donors (Lipinski definition) is 3. The Morgan fingerprint density at radius 1 is 1.17 bits per heavy atom. The minimum absolute atomic E-state index is 0.186. The SMILES string of the molecule is CC.O=C(O)C(c1ccccc1)n1ccc2[nH][nH]c(=O)c2c1=S. The Hall–Kier alpha value is -2.67. The highest BCUT2D eigenvalue weighted by Gasteiger charge is 2.22. The summed E-state index contributed by atoms with van der Waals surface area (Å²) in [7, 11) is 0. The van der Waals surface area contributed by atoms with E-state index >= 15 is 0 Å². The molecule has 0 amide bonds. The van der Waals surface area contributed by atoms with Gasteiger partial charge < -0.3 is 9.67 Å². The van der Waals surface area contributed by atoms with Crippen LogP contribution in [0.5, 0.6) is 0 Å². The molecule has 0 saturated carbocycles. The summed E-state index contributed by atoms with van der Waals surface area (Å²) in [5.41, 5.74) is 0.785. The van der Waals surface area contributed by atoms with Crippen LogP contribution in [-0.2, 0) is 4.79 Å². The number of fused-ring (bicyclic) bond motifs is 1. The molecule has 120 valence electrons. The number of carboxylic acids is 1. The van der Waals surface area contributed by atoms with Crippen LogP contribution in [-0.4, -0.2) is 25.8 Å². The van der Waals surface area contributed by atoms with Crippen LogP contribution in [0.3, 0.4) is 0 Å². The molecule has 0 bridgehead atoms. The second-order valence-corrected chi connectivity index (χ2v) is 4.93. The quantitative estimate of drug-likeness (QED) is 0.643. The molecule has 1 aromatic carbocycles. The molecule has 3 rings (SSSR count). The van der Waals surface area contributed by atoms with Crippen molar-refractivity contribution < 1.29 is 9.90 Å². The first kappa shape index (κ1) is 16.7. The zero-order valence-electron chi connectivity index (χ0n) is 12.7. The third kappa shape index (κ3) is 3.09. The van der Waals surface area contributed by atoms with Gasteiger partial charge in [-0.25, -0.2) is 4.79 Å². The van der Waals surface area contributed by atoms with Crippen molar-refractivity contribution in [1.82, 2.24) is 14.8 Å². The van der Waals surface area contributed by atoms with Gasteiger partial charge in [0.15, 0.2) is 6.04 Å². The maximum absolute atomic E-state index is 11.8. The zero-order valence-corrected chi connectivity index (χ0v) is 13.6. The van der Waals surface area contributed by atoms with Gasteiger partial charge in [0.2, 0.25) is 0 Å². The molecule has 0 saturated heterocycles. The first-order valence-electron chi connectivity index (χ1n) is 7.19. The molecule has 0 spiro atoms. The monoisotopic (exact) mass is 331 g/mol. The summed E-state index contributed by atoms with van der Waals surface area (Å²) >= 11 is 5.29. The van der Waals surface area contributed by atoms with Crippen LogP contribution in [0.2, 0.25) is 0 Å². The maximum atomic E-state index is 11.8. The lowest BCUT2D eigenvalue weighted by Gasteiger charge is -2.17. The van der Waals surface area contributed by atoms with E-state index in [0.717, 1.165) is 0 Å². The van der Waals surface area contributed by atoms with E-state index < -0.39 is 12.0 Å². The van der Waals surface area contributed by atoms with Crippen LogP contribution < -0.4 is 5.56 Å². The van der Waals surface area contributed by atoms with Crippen LogP contribution in [0.25, 0.3) is 10.9 Å². The van der Waals surface area contributed by atoms with Crippen molar-refractivity contribution in [3.63, 3.8) is 0 Å². The van der Waals surface area contributed by atoms with E-state index in [-0.39, 0.29) is 15.6 Å². The molecular formula is C16H17N3O3S. The summed E-state index contributed by atoms with van der Waals surface area (Å²) in [6.07, 6.45) is 1.57. The standard InChI is InChI=1S/C14H11N3O3S.C2H6/c18-12-10-9(15-16-12)6-7-17(13(10)21)11(14(19)20)8-4-2-1-3-5-8;1-2/h1-7,11H,(H,19,20)(H2,15,16,18);1-2H3. The fraction of sp³-hybridized carbons (Fsp3) is 0.188. The van der Waals surface area contributed by atoms with Crippen molar-refractivity contribution >= 4 is 29.1 Å². The van der Waals surface area contributed by atoms with Gasteiger partial charge in [-0.1, -0.05) is 56.4 Å². The Kier molecular flexibility index (Phi) is 5.13. The number of nitrogens with zero attached hydrogens (tertiary/aromatic N) is 1. The van der Waals surface area contributed by atoms with Crippen molar-refractivity contribution in [2.45, 2.75) is 19.9 Å². The Balaban J connectivity index is 0.000000924. The number of H-pyrrole nitrogens is 2. The Labute approximate surface area is 137 Å². The van der Waals surface area contributed by atoms with Gasteiger partial charge in [-0.15, -0.1) is 0 Å². The van der Waals surface area contributed by atoms with Gasteiger partial charge in [0.25, 0.3) is 5.56 Å². The molecule has 23 heavy (non-hydrogen) atoms. The van der Waals surface area contributed by atoms with E-state index in [1.807, 2.05) is 19.9 Å². The lowest BCUT2D eigenvalue weighted by Crippen LogP contribution is -2.21. The fourth-order valence-electron chi connectivity index (χ4n) is 2.32. The fourth-order valence-corrected chi connectivity index (χ4v) is 2.69. The first-order valence-corrected chi connectivity index (χ1v) is 7.59. The van der Waals surface area contributed by atoms with E-state index in [1.165, 1.54) is 4.57 Å². The van der Waals surface area contributed by atoms with Crippen molar-refractivity contribution in [2.24, 2.45) is 0 Å². The van der Waals surface area contributed by atoms with Gasteiger partial charge in [-0.2, -0.15) is 0 Å². The first-order chi connectivity index (χ1) is 11.1. The number of aromatic nitrogens is 3. The van der Waals surface area contributed by atoms with Crippen molar-refractivity contribution in [3.05, 3.63) is 63.2 Å². The molecule has 6 nitrogen and oxygen atoms in total. The summed E-state index contributed by atoms with van der Waals surface area (Å²) in [5.74, 6) is -1.04. The van der Waals surface area contributed by atoms with E-state index in [4.69, 9.17) is 12.2 Å². The number of pyridine rings is 1. The third-order valence-corrected chi connectivity index (χ3v) is 3.70. The van der Waals surface area contributed by atoms with Crippen LogP contribution in [0.15, 0.2) is 47.4 Å². The van der Waals surface area contributed by atoms with Gasteiger partial charge in [0.05, 0.1) is 5.52 Å². The normalized spacial score (nSPS) is 11.6. The summed E-state index contributed by atoms with van der Waals surface area (Å²) in [6.45, 7) is 4.00. The Morgan fingerprint density at radius 2 is 1.83 bits per heavy atom. The highest BCUT2D eigenvalue weighted by molar-refractivity contribution is 7.71. The van der Waals surface area contributed by atoms with Gasteiger partial charge in [-0.05, 0) is 11.6 Å². The summed E-state index contributed by atoms with van der Waals surface area (Å²) in [6, 6.07) is 9.41. The molecule has 2 aromatic heterocycles. The van der Waals surface area contributed by atoms with E-state index in [1.54, 1.807) is 36.5 Å². The van der Waals surface area contributed by atoms with Gasteiger partial charge in [-0.3, -0.25) is 15.0 Å². The minimum atomic E-state index is -1.04. The predicted molar refractivity (Wildman–Crippen MR) is 91.3 cm³/mol. The number of aromatic amines is 2. The van der Waals surface area contributed by atoms with Crippen molar-refractivity contribution in [1.29, 1.82) is 0 Å². The van der Waals surface area contributed by atoms with Gasteiger partial charge in [0.1, 0.15) is 10.0 Å². The third-order valence-electron chi connectivity index (χ3n) is 3.28. The predicted octanol–water partition coefficient (Wildman–Crippen LogP) is 3.09. The number of rotatable bonds is 3. The summed E-state index contributed by atoms with van der Waals surface area (Å²) < 4.78 is 1.60. The maximum Gasteiger partial charge on any atom is 0.331 e. The molecule has 3 N–H and O–H groups in total. The molecular weight excluding hydrogens is 314 g/mol. The number of carboxylic acid groups (broad SMARTS) is 1. The highest BCUT2D eigenvalue weighted by atomic mass is 32.1. The molecule has 0 radical (unpaired) electrons. The number of aliphatic carboxylic acids is 1. The number of nitrogens with one attached hydrogen (secondary N) is 2. The Bertz CT molecular complexity index is 925. The lowest BCUT2D eigenvalue weighted by molar-refractivity contribution is -0.139. The second-order valence-electron chi connectivity index (χ2n) is 4.55. The minimum Gasteiger partial charge on any atom is -0.479 e. The molecule has 0 aliphatic heterocycles. The van der Waals surface area contributed by atoms with Crippen LogP contribution in [0, 0.1) is 4.64 Å². The molecule has 0 aliphatic carbocycles. The highest BCUT2D eigenvalue weighted by Crippen LogP contribution is 2.21. The molecule has 0 aliphatic rings. The van der Waals surface area contributed by atoms with Crippen LogP contribution >= 0.6 is 12.2 Å². The topological polar surface area (TPSA) is 90.9 Å². The van der Waals surface area contributed by atoms with Gasteiger partial charge in [0, 0.05) is 6.20 Å². The molecule has 0 fully saturated rings. The largest absolute Gasteiger partial charge is 0.479 e. The summed E-state index contributed by atoms with van der Waals surface area (Å²) in [4.78, 5) is 23.4. The number of carbonyl (C=O) groups is 1. The van der Waals surface area contributed by atoms with E-state index in [0.29, 0.717) is 11.1 Å². The van der Waals surface area contributed by atoms with Crippen LogP contribution in [0.1, 0.15) is 25.5 Å². The van der Waals surface area contributed by atoms with Crippen LogP contribution in [0.4, 0.5) is 0 Å². The molecule has 2 heterocycles. The number of hydrogen-bond acceptors (Lipinski definition) is 3. The second kappa shape index (κ2) is 7.06. The molecule has 1 unspecified atom stereocenters. The number of benzene rings is 1. The average Bonchev–Trinajstić information content (AvgIpc) is 2.94. The average molecular weight is 331 g/mol. The zero-order chi connectivity index (χ0) is 17.0. The van der Waals surface area contributed by atoms with Crippen molar-refractivity contribution in [3.8, 4) is 0 Å².